The highest BCUT2D eigenvalue weighted by Gasteiger charge is 2.21. The van der Waals surface area contributed by atoms with E-state index in [1.165, 1.54) is 18.0 Å². The molecule has 0 spiro atoms. The van der Waals surface area contributed by atoms with Crippen LogP contribution in [-0.2, 0) is 17.9 Å². The smallest absolute Gasteiger partial charge is 0.325 e. The molecule has 1 aliphatic rings. The predicted molar refractivity (Wildman–Crippen MR) is 138 cm³/mol. The molecule has 1 amide bonds. The molecular weight excluding hydrogens is 472 g/mol. The number of hydrogen-bond donors (Lipinski definition) is 5. The van der Waals surface area contributed by atoms with Crippen LogP contribution in [0.15, 0.2) is 67.0 Å². The number of amides is 1. The average Bonchev–Trinajstić information content (AvgIpc) is 2.94. The summed E-state index contributed by atoms with van der Waals surface area (Å²) in [5, 5.41) is 24.9. The zero-order chi connectivity index (χ0) is 26.0. The SMILES string of the molecule is O=C(NO)c1cnc(N2CCC(CNCc3ccc(CN[C@H](C(=O)O)c4ccccc4)cc3)CC2)nc1. The van der Waals surface area contributed by atoms with E-state index in [-0.39, 0.29) is 5.56 Å². The van der Waals surface area contributed by atoms with Crippen molar-refractivity contribution in [3.05, 3.63) is 89.2 Å². The molecule has 1 aliphatic heterocycles. The number of benzene rings is 2. The molecule has 1 aromatic heterocycles. The summed E-state index contributed by atoms with van der Waals surface area (Å²) < 4.78 is 0. The number of aromatic nitrogens is 2. The highest BCUT2D eigenvalue weighted by atomic mass is 16.5. The minimum atomic E-state index is -0.893. The van der Waals surface area contributed by atoms with Crippen molar-refractivity contribution < 1.29 is 19.9 Å². The monoisotopic (exact) mass is 504 g/mol. The van der Waals surface area contributed by atoms with Gasteiger partial charge in [0, 0.05) is 38.6 Å². The molecule has 5 N–H and O–H groups in total. The quantitative estimate of drug-likeness (QED) is 0.197. The summed E-state index contributed by atoms with van der Waals surface area (Å²) in [6.45, 7) is 3.86. The number of piperidine rings is 1. The molecule has 2 heterocycles. The largest absolute Gasteiger partial charge is 0.480 e. The minimum absolute atomic E-state index is 0.214. The number of carboxylic acids is 1. The van der Waals surface area contributed by atoms with Crippen molar-refractivity contribution in [2.75, 3.05) is 24.5 Å². The summed E-state index contributed by atoms with van der Waals surface area (Å²) in [6, 6.07) is 16.6. The van der Waals surface area contributed by atoms with Crippen molar-refractivity contribution in [3.8, 4) is 0 Å². The van der Waals surface area contributed by atoms with Crippen molar-refractivity contribution in [2.45, 2.75) is 32.0 Å². The van der Waals surface area contributed by atoms with Gasteiger partial charge in [-0.3, -0.25) is 20.1 Å². The fraction of sp³-hybridized carbons (Fsp3) is 0.333. The van der Waals surface area contributed by atoms with E-state index in [0.29, 0.717) is 18.4 Å². The Balaban J connectivity index is 1.17. The number of carbonyl (C=O) groups excluding carboxylic acids is 1. The third kappa shape index (κ3) is 7.32. The van der Waals surface area contributed by atoms with Gasteiger partial charge in [0.15, 0.2) is 0 Å². The third-order valence-electron chi connectivity index (χ3n) is 6.57. The Hall–Kier alpha value is -3.86. The van der Waals surface area contributed by atoms with Crippen molar-refractivity contribution in [1.82, 2.24) is 26.1 Å². The lowest BCUT2D eigenvalue weighted by atomic mass is 9.97. The van der Waals surface area contributed by atoms with E-state index in [0.717, 1.165) is 50.1 Å². The molecule has 0 unspecified atom stereocenters. The van der Waals surface area contributed by atoms with E-state index in [4.69, 9.17) is 5.21 Å². The van der Waals surface area contributed by atoms with E-state index in [1.807, 2.05) is 42.5 Å². The number of nitrogens with one attached hydrogen (secondary N) is 3. The highest BCUT2D eigenvalue weighted by molar-refractivity contribution is 5.92. The second-order valence-electron chi connectivity index (χ2n) is 9.15. The Labute approximate surface area is 215 Å². The molecule has 1 saturated heterocycles. The van der Waals surface area contributed by atoms with Crippen LogP contribution in [0.2, 0.25) is 0 Å². The molecule has 1 fully saturated rings. The Morgan fingerprint density at radius 2 is 1.57 bits per heavy atom. The van der Waals surface area contributed by atoms with E-state index in [2.05, 4.69) is 37.6 Å². The summed E-state index contributed by atoms with van der Waals surface area (Å²) in [7, 11) is 0. The maximum atomic E-state index is 11.7. The number of anilines is 1. The third-order valence-corrected chi connectivity index (χ3v) is 6.57. The number of aliphatic carboxylic acids is 1. The second-order valence-corrected chi connectivity index (χ2v) is 9.15. The molecule has 4 rings (SSSR count). The van der Waals surface area contributed by atoms with Crippen LogP contribution in [0.3, 0.4) is 0 Å². The van der Waals surface area contributed by atoms with Crippen molar-refractivity contribution in [2.24, 2.45) is 5.92 Å². The predicted octanol–water partition coefficient (Wildman–Crippen LogP) is 2.52. The number of nitrogens with zero attached hydrogens (tertiary/aromatic N) is 3. The van der Waals surface area contributed by atoms with Gasteiger partial charge in [-0.2, -0.15) is 0 Å². The van der Waals surface area contributed by atoms with Crippen LogP contribution >= 0.6 is 0 Å². The van der Waals surface area contributed by atoms with Gasteiger partial charge in [-0.25, -0.2) is 15.4 Å². The molecule has 194 valence electrons. The first-order chi connectivity index (χ1) is 18.0. The zero-order valence-electron chi connectivity index (χ0n) is 20.5. The Morgan fingerprint density at radius 3 is 2.16 bits per heavy atom. The summed E-state index contributed by atoms with van der Waals surface area (Å²) in [4.78, 5) is 33.7. The lowest BCUT2D eigenvalue weighted by molar-refractivity contribution is -0.139. The number of carbonyl (C=O) groups is 2. The lowest BCUT2D eigenvalue weighted by Crippen LogP contribution is -2.38. The maximum absolute atomic E-state index is 11.7. The normalized spacial score (nSPS) is 14.8. The van der Waals surface area contributed by atoms with Crippen LogP contribution in [0.5, 0.6) is 0 Å². The van der Waals surface area contributed by atoms with Crippen molar-refractivity contribution in [3.63, 3.8) is 0 Å². The highest BCUT2D eigenvalue weighted by Crippen LogP contribution is 2.20. The minimum Gasteiger partial charge on any atom is -0.480 e. The van der Waals surface area contributed by atoms with Gasteiger partial charge in [0.2, 0.25) is 5.95 Å². The van der Waals surface area contributed by atoms with Gasteiger partial charge in [0.25, 0.3) is 5.91 Å². The fourth-order valence-electron chi connectivity index (χ4n) is 4.41. The first-order valence-corrected chi connectivity index (χ1v) is 12.3. The molecule has 0 bridgehead atoms. The van der Waals surface area contributed by atoms with Crippen LogP contribution in [0.25, 0.3) is 0 Å². The van der Waals surface area contributed by atoms with Gasteiger partial charge < -0.3 is 15.3 Å². The van der Waals surface area contributed by atoms with Crippen LogP contribution in [0.1, 0.15) is 45.9 Å². The fourth-order valence-corrected chi connectivity index (χ4v) is 4.41. The number of carboxylic acid groups (broad SMARTS) is 1. The molecule has 0 aliphatic carbocycles. The molecule has 10 nitrogen and oxygen atoms in total. The van der Waals surface area contributed by atoms with E-state index in [1.54, 1.807) is 5.48 Å². The van der Waals surface area contributed by atoms with E-state index < -0.39 is 17.9 Å². The molecule has 10 heteroatoms. The molecular formula is C27H32N6O4. The van der Waals surface area contributed by atoms with Crippen LogP contribution in [0, 0.1) is 5.92 Å². The van der Waals surface area contributed by atoms with Crippen LogP contribution < -0.4 is 21.0 Å². The molecule has 1 atom stereocenters. The molecule has 0 radical (unpaired) electrons. The number of rotatable bonds is 11. The maximum Gasteiger partial charge on any atom is 0.325 e. The van der Waals surface area contributed by atoms with Gasteiger partial charge in [0.1, 0.15) is 6.04 Å². The Bertz CT molecular complexity index is 1150. The van der Waals surface area contributed by atoms with Gasteiger partial charge in [-0.15, -0.1) is 0 Å². The Morgan fingerprint density at radius 1 is 0.946 bits per heavy atom. The van der Waals surface area contributed by atoms with Gasteiger partial charge in [-0.05, 0) is 42.0 Å². The molecule has 2 aromatic carbocycles. The standard InChI is InChI=1S/C27H32N6O4/c34-25(32-37)23-17-30-27(31-18-23)33-12-10-21(11-13-33)15-28-14-19-6-8-20(9-7-19)16-29-24(26(35)36)22-4-2-1-3-5-22/h1-9,17-18,21,24,28-29,37H,10-16H2,(H,32,34)(H,35,36)/t24-/m0/s1. The second kappa shape index (κ2) is 12.9. The Kier molecular flexibility index (Phi) is 9.14. The average molecular weight is 505 g/mol. The van der Waals surface area contributed by atoms with Gasteiger partial charge in [0.05, 0.1) is 5.56 Å². The summed E-state index contributed by atoms with van der Waals surface area (Å²) >= 11 is 0. The molecule has 37 heavy (non-hydrogen) atoms. The first-order valence-electron chi connectivity index (χ1n) is 12.3. The van der Waals surface area contributed by atoms with E-state index >= 15 is 0 Å². The van der Waals surface area contributed by atoms with E-state index in [9.17, 15) is 14.7 Å². The first kappa shape index (κ1) is 26.2. The van der Waals surface area contributed by atoms with Gasteiger partial charge >= 0.3 is 5.97 Å². The summed E-state index contributed by atoms with van der Waals surface area (Å²) in [5.74, 6) is -0.369. The van der Waals surface area contributed by atoms with Crippen LogP contribution in [-0.4, -0.2) is 51.8 Å². The summed E-state index contributed by atoms with van der Waals surface area (Å²) in [5.41, 5.74) is 4.74. The van der Waals surface area contributed by atoms with Crippen molar-refractivity contribution >= 4 is 17.8 Å². The topological polar surface area (TPSA) is 140 Å². The lowest BCUT2D eigenvalue weighted by Gasteiger charge is -2.32. The molecule has 0 saturated carbocycles. The zero-order valence-corrected chi connectivity index (χ0v) is 20.5. The van der Waals surface area contributed by atoms with Crippen LogP contribution in [0.4, 0.5) is 5.95 Å². The molecule has 3 aromatic rings. The van der Waals surface area contributed by atoms with Gasteiger partial charge in [-0.1, -0.05) is 54.6 Å². The summed E-state index contributed by atoms with van der Waals surface area (Å²) in [6.07, 6.45) is 4.87. The van der Waals surface area contributed by atoms with Crippen molar-refractivity contribution in [1.29, 1.82) is 0 Å². The number of hydrogen-bond acceptors (Lipinski definition) is 8. The number of hydroxylamine groups is 1.